The summed E-state index contributed by atoms with van der Waals surface area (Å²) in [5, 5.41) is 7.97. The third kappa shape index (κ3) is 3.79. The van der Waals surface area contributed by atoms with Crippen molar-refractivity contribution in [1.29, 1.82) is 0 Å². The molecule has 1 unspecified atom stereocenters. The van der Waals surface area contributed by atoms with Gasteiger partial charge in [-0.2, -0.15) is 5.10 Å². The highest BCUT2D eigenvalue weighted by molar-refractivity contribution is 5.94. The molecule has 3 heterocycles. The number of pyridine rings is 1. The van der Waals surface area contributed by atoms with Gasteiger partial charge in [0.25, 0.3) is 5.91 Å². The van der Waals surface area contributed by atoms with Crippen molar-refractivity contribution in [2.45, 2.75) is 26.4 Å². The van der Waals surface area contributed by atoms with E-state index in [0.717, 1.165) is 12.1 Å². The number of carbonyl (C=O) groups excluding carboxylic acids is 1. The van der Waals surface area contributed by atoms with Crippen molar-refractivity contribution in [2.24, 2.45) is 0 Å². The number of ether oxygens (including phenoxy) is 2. The lowest BCUT2D eigenvalue weighted by molar-refractivity contribution is 0.0770. The average molecular weight is 328 g/mol. The molecule has 0 aromatic carbocycles. The molecule has 1 fully saturated rings. The molecule has 0 bridgehead atoms. The fourth-order valence-electron chi connectivity index (χ4n) is 2.55. The van der Waals surface area contributed by atoms with Gasteiger partial charge >= 0.3 is 0 Å². The summed E-state index contributed by atoms with van der Waals surface area (Å²) in [5.74, 6) is 0.962. The highest BCUT2D eigenvalue weighted by Crippen LogP contribution is 2.18. The smallest absolute Gasteiger partial charge is 0.255 e. The Hall–Kier alpha value is -2.70. The summed E-state index contributed by atoms with van der Waals surface area (Å²) in [5.41, 5.74) is 1.39. The number of hydrogen-bond donors (Lipinski definition) is 0. The predicted molar refractivity (Wildman–Crippen MR) is 87.1 cm³/mol. The molecule has 126 valence electrons. The molecule has 1 aliphatic heterocycles. The van der Waals surface area contributed by atoms with E-state index in [4.69, 9.17) is 9.47 Å². The number of hydrogen-bond acceptors (Lipinski definition) is 6. The molecule has 0 N–H and O–H groups in total. The zero-order valence-electron chi connectivity index (χ0n) is 13.8. The van der Waals surface area contributed by atoms with E-state index in [1.54, 1.807) is 29.3 Å². The van der Waals surface area contributed by atoms with Crippen molar-refractivity contribution in [3.8, 4) is 11.8 Å². The van der Waals surface area contributed by atoms with Crippen LogP contribution in [0.2, 0.25) is 0 Å². The Labute approximate surface area is 140 Å². The van der Waals surface area contributed by atoms with E-state index in [-0.39, 0.29) is 12.0 Å². The second-order valence-electron chi connectivity index (χ2n) is 5.61. The lowest BCUT2D eigenvalue weighted by atomic mass is 10.2. The molecule has 3 rings (SSSR count). The summed E-state index contributed by atoms with van der Waals surface area (Å²) >= 11 is 0. The lowest BCUT2D eigenvalue weighted by Crippen LogP contribution is -2.31. The first-order chi connectivity index (χ1) is 11.7. The van der Waals surface area contributed by atoms with Gasteiger partial charge in [-0.05, 0) is 26.0 Å². The molecule has 2 aromatic heterocycles. The number of aryl methyl sites for hydroxylation is 1. The van der Waals surface area contributed by atoms with Gasteiger partial charge in [-0.1, -0.05) is 0 Å². The number of nitrogens with zero attached hydrogens (tertiary/aromatic N) is 4. The highest BCUT2D eigenvalue weighted by Gasteiger charge is 2.28. The molecule has 7 nitrogen and oxygen atoms in total. The predicted octanol–water partition coefficient (Wildman–Crippen LogP) is 1.87. The molecule has 1 amide bonds. The fraction of sp³-hybridized carbons (Fsp3) is 0.412. The molecule has 0 radical (unpaired) electrons. The molecule has 0 saturated carbocycles. The average Bonchev–Trinajstić information content (AvgIpc) is 3.06. The molecule has 0 aliphatic carbocycles. The van der Waals surface area contributed by atoms with Crippen molar-refractivity contribution >= 4 is 5.91 Å². The molecule has 0 spiro atoms. The van der Waals surface area contributed by atoms with Crippen molar-refractivity contribution in [1.82, 2.24) is 20.1 Å². The van der Waals surface area contributed by atoms with E-state index in [1.807, 2.05) is 19.9 Å². The molecule has 7 heteroatoms. The van der Waals surface area contributed by atoms with Crippen molar-refractivity contribution in [3.05, 3.63) is 41.7 Å². The molecule has 1 saturated heterocycles. The zero-order valence-corrected chi connectivity index (χ0v) is 13.8. The van der Waals surface area contributed by atoms with Gasteiger partial charge in [0.2, 0.25) is 11.8 Å². The molecule has 1 aliphatic rings. The minimum atomic E-state index is -0.0680. The Kier molecular flexibility index (Phi) is 4.88. The summed E-state index contributed by atoms with van der Waals surface area (Å²) in [6.07, 6.45) is 2.25. The van der Waals surface area contributed by atoms with Gasteiger partial charge in [0.1, 0.15) is 6.10 Å². The number of aromatic nitrogens is 3. The second-order valence-corrected chi connectivity index (χ2v) is 5.61. The van der Waals surface area contributed by atoms with Gasteiger partial charge in [-0.3, -0.25) is 4.79 Å². The number of rotatable bonds is 5. The summed E-state index contributed by atoms with van der Waals surface area (Å²) < 4.78 is 11.1. The van der Waals surface area contributed by atoms with E-state index in [1.165, 1.54) is 0 Å². The van der Waals surface area contributed by atoms with E-state index >= 15 is 0 Å². The Balaban J connectivity index is 1.58. The van der Waals surface area contributed by atoms with Crippen LogP contribution in [-0.2, 0) is 0 Å². The number of carbonyl (C=O) groups is 1. The van der Waals surface area contributed by atoms with E-state index in [9.17, 15) is 4.79 Å². The lowest BCUT2D eigenvalue weighted by Gasteiger charge is -2.17. The number of amides is 1. The van der Waals surface area contributed by atoms with Gasteiger partial charge in [0, 0.05) is 31.3 Å². The number of likely N-dealkylation sites (tertiary alicyclic amines) is 1. The van der Waals surface area contributed by atoms with Gasteiger partial charge in [0.05, 0.1) is 24.4 Å². The Bertz CT molecular complexity index is 688. The third-order valence-electron chi connectivity index (χ3n) is 3.77. The van der Waals surface area contributed by atoms with Crippen LogP contribution in [0.4, 0.5) is 0 Å². The molecule has 2 aromatic rings. The largest absolute Gasteiger partial charge is 0.478 e. The van der Waals surface area contributed by atoms with E-state index < -0.39 is 0 Å². The topological polar surface area (TPSA) is 77.4 Å². The van der Waals surface area contributed by atoms with Crippen LogP contribution in [0.1, 0.15) is 29.4 Å². The first-order valence-electron chi connectivity index (χ1n) is 8.01. The minimum absolute atomic E-state index is 0.0494. The first-order valence-corrected chi connectivity index (χ1v) is 8.01. The van der Waals surface area contributed by atoms with Crippen LogP contribution in [0, 0.1) is 6.92 Å². The zero-order chi connectivity index (χ0) is 16.9. The fourth-order valence-corrected chi connectivity index (χ4v) is 2.55. The van der Waals surface area contributed by atoms with Crippen LogP contribution >= 0.6 is 0 Å². The standard InChI is InChI=1S/C17H20N4O3/c1-3-23-15-7-5-13(10-18-15)17(22)21-9-8-14(11-21)24-16-6-4-12(2)19-20-16/h4-7,10,14H,3,8-9,11H2,1-2H3. The normalized spacial score (nSPS) is 16.9. The minimum Gasteiger partial charge on any atom is -0.478 e. The molecule has 24 heavy (non-hydrogen) atoms. The van der Waals surface area contributed by atoms with Crippen LogP contribution in [-0.4, -0.2) is 51.8 Å². The Morgan fingerprint density at radius 1 is 1.25 bits per heavy atom. The quantitative estimate of drug-likeness (QED) is 0.834. The van der Waals surface area contributed by atoms with Crippen molar-refractivity contribution < 1.29 is 14.3 Å². The maximum absolute atomic E-state index is 12.5. The Morgan fingerprint density at radius 3 is 2.75 bits per heavy atom. The van der Waals surface area contributed by atoms with Crippen LogP contribution in [0.3, 0.4) is 0 Å². The second kappa shape index (κ2) is 7.25. The monoisotopic (exact) mass is 328 g/mol. The maximum atomic E-state index is 12.5. The van der Waals surface area contributed by atoms with Crippen molar-refractivity contribution in [3.63, 3.8) is 0 Å². The van der Waals surface area contributed by atoms with Crippen LogP contribution in [0.25, 0.3) is 0 Å². The molecular weight excluding hydrogens is 308 g/mol. The Morgan fingerprint density at radius 2 is 2.08 bits per heavy atom. The van der Waals surface area contributed by atoms with Gasteiger partial charge in [-0.15, -0.1) is 5.10 Å². The van der Waals surface area contributed by atoms with E-state index in [0.29, 0.717) is 37.0 Å². The molecular formula is C17H20N4O3. The SMILES string of the molecule is CCOc1ccc(C(=O)N2CCC(Oc3ccc(C)nn3)C2)cn1. The summed E-state index contributed by atoms with van der Waals surface area (Å²) in [6, 6.07) is 7.09. The summed E-state index contributed by atoms with van der Waals surface area (Å²) in [7, 11) is 0. The van der Waals surface area contributed by atoms with Gasteiger partial charge < -0.3 is 14.4 Å². The third-order valence-corrected chi connectivity index (χ3v) is 3.77. The van der Waals surface area contributed by atoms with E-state index in [2.05, 4.69) is 15.2 Å². The highest BCUT2D eigenvalue weighted by atomic mass is 16.5. The van der Waals surface area contributed by atoms with Crippen LogP contribution < -0.4 is 9.47 Å². The first kappa shape index (κ1) is 16.2. The van der Waals surface area contributed by atoms with Crippen molar-refractivity contribution in [2.75, 3.05) is 19.7 Å². The van der Waals surface area contributed by atoms with Crippen LogP contribution in [0.15, 0.2) is 30.5 Å². The summed E-state index contributed by atoms with van der Waals surface area (Å²) in [4.78, 5) is 18.4. The molecule has 1 atom stereocenters. The van der Waals surface area contributed by atoms with Gasteiger partial charge in [-0.25, -0.2) is 4.98 Å². The summed E-state index contributed by atoms with van der Waals surface area (Å²) in [6.45, 7) is 5.49. The van der Waals surface area contributed by atoms with Crippen LogP contribution in [0.5, 0.6) is 11.8 Å². The van der Waals surface area contributed by atoms with Gasteiger partial charge in [0.15, 0.2) is 0 Å². The maximum Gasteiger partial charge on any atom is 0.255 e.